The fourth-order valence-electron chi connectivity index (χ4n) is 2.09. The molecule has 0 aromatic heterocycles. The minimum Gasteiger partial charge on any atom is -0.500 e. The highest BCUT2D eigenvalue weighted by Crippen LogP contribution is 2.40. The number of aliphatic hydroxyl groups excluding tert-OH is 1. The van der Waals surface area contributed by atoms with Crippen LogP contribution in [0.4, 0.5) is 0 Å². The second-order valence-electron chi connectivity index (χ2n) is 3.85. The Balaban J connectivity index is 2.30. The Morgan fingerprint density at radius 3 is 3.00 bits per heavy atom. The lowest BCUT2D eigenvalue weighted by molar-refractivity contribution is -0.134. The summed E-state index contributed by atoms with van der Waals surface area (Å²) in [5.74, 6) is -1.86. The number of carboxylic acid groups (broad SMARTS) is 1. The van der Waals surface area contributed by atoms with E-state index in [4.69, 9.17) is 14.9 Å². The van der Waals surface area contributed by atoms with E-state index >= 15 is 0 Å². The molecule has 0 saturated carbocycles. The number of carboxylic acids is 1. The summed E-state index contributed by atoms with van der Waals surface area (Å²) < 4.78 is 5.00. The summed E-state index contributed by atoms with van der Waals surface area (Å²) in [5.41, 5.74) is -1.24. The molecule has 3 unspecified atom stereocenters. The molecule has 0 fully saturated rings. The standard InChI is InChI=1S/C10H12O5/c11-5-10(14)2-1-6-7(9(12)13)3-15-4-8(6)10/h1-3,6,8,11,14H,4-5H2,(H,12,13). The van der Waals surface area contributed by atoms with Gasteiger partial charge in [0.15, 0.2) is 0 Å². The highest BCUT2D eigenvalue weighted by Gasteiger charge is 2.47. The molecule has 5 nitrogen and oxygen atoms in total. The molecule has 2 rings (SSSR count). The van der Waals surface area contributed by atoms with E-state index in [-0.39, 0.29) is 18.1 Å². The Hall–Kier alpha value is -1.33. The SMILES string of the molecule is O=C(O)C1=COCC2C1C=CC2(O)CO. The minimum absolute atomic E-state index is 0.117. The maximum Gasteiger partial charge on any atom is 0.335 e. The Kier molecular flexibility index (Phi) is 2.28. The first-order chi connectivity index (χ1) is 7.08. The summed E-state index contributed by atoms with van der Waals surface area (Å²) in [4.78, 5) is 10.9. The third-order valence-electron chi connectivity index (χ3n) is 3.01. The molecule has 0 saturated heterocycles. The van der Waals surface area contributed by atoms with Gasteiger partial charge < -0.3 is 20.1 Å². The van der Waals surface area contributed by atoms with Crippen LogP contribution in [0, 0.1) is 11.8 Å². The second-order valence-corrected chi connectivity index (χ2v) is 3.85. The summed E-state index contributed by atoms with van der Waals surface area (Å²) in [7, 11) is 0. The van der Waals surface area contributed by atoms with Crippen molar-refractivity contribution in [3.8, 4) is 0 Å². The molecule has 82 valence electrons. The van der Waals surface area contributed by atoms with Gasteiger partial charge in [-0.2, -0.15) is 0 Å². The van der Waals surface area contributed by atoms with Crippen LogP contribution < -0.4 is 0 Å². The fourth-order valence-corrected chi connectivity index (χ4v) is 2.09. The van der Waals surface area contributed by atoms with Crippen LogP contribution in [0.5, 0.6) is 0 Å². The average molecular weight is 212 g/mol. The number of ether oxygens (including phenoxy) is 1. The zero-order valence-electron chi connectivity index (χ0n) is 7.96. The Morgan fingerprint density at radius 1 is 1.67 bits per heavy atom. The lowest BCUT2D eigenvalue weighted by Gasteiger charge is -2.33. The third-order valence-corrected chi connectivity index (χ3v) is 3.01. The molecule has 1 aliphatic heterocycles. The van der Waals surface area contributed by atoms with Gasteiger partial charge in [0.1, 0.15) is 5.60 Å². The second kappa shape index (κ2) is 3.36. The van der Waals surface area contributed by atoms with Gasteiger partial charge in [0.2, 0.25) is 0 Å². The highest BCUT2D eigenvalue weighted by molar-refractivity contribution is 5.87. The smallest absolute Gasteiger partial charge is 0.335 e. The van der Waals surface area contributed by atoms with E-state index in [0.717, 1.165) is 0 Å². The summed E-state index contributed by atoms with van der Waals surface area (Å²) in [6.45, 7) is -0.216. The molecule has 3 N–H and O–H groups in total. The van der Waals surface area contributed by atoms with Crippen LogP contribution in [0.2, 0.25) is 0 Å². The van der Waals surface area contributed by atoms with Gasteiger partial charge in [-0.25, -0.2) is 4.79 Å². The Bertz CT molecular complexity index is 346. The zero-order chi connectivity index (χ0) is 11.1. The van der Waals surface area contributed by atoms with E-state index in [0.29, 0.717) is 0 Å². The van der Waals surface area contributed by atoms with Gasteiger partial charge in [-0.1, -0.05) is 12.2 Å². The van der Waals surface area contributed by atoms with Crippen molar-refractivity contribution in [3.63, 3.8) is 0 Å². The highest BCUT2D eigenvalue weighted by atomic mass is 16.5. The number of allylic oxidation sites excluding steroid dienone is 1. The molecule has 5 heteroatoms. The number of aliphatic carboxylic acids is 1. The molecule has 0 aromatic carbocycles. The van der Waals surface area contributed by atoms with Gasteiger partial charge in [-0.3, -0.25) is 0 Å². The van der Waals surface area contributed by atoms with E-state index in [1.807, 2.05) is 0 Å². The van der Waals surface area contributed by atoms with Crippen LogP contribution in [0.15, 0.2) is 24.0 Å². The van der Waals surface area contributed by atoms with Crippen molar-refractivity contribution >= 4 is 5.97 Å². The maximum atomic E-state index is 10.9. The van der Waals surface area contributed by atoms with Crippen LogP contribution in [-0.2, 0) is 9.53 Å². The van der Waals surface area contributed by atoms with Crippen molar-refractivity contribution in [2.45, 2.75) is 5.60 Å². The molecule has 0 spiro atoms. The van der Waals surface area contributed by atoms with E-state index in [1.165, 1.54) is 12.3 Å². The predicted molar refractivity (Wildman–Crippen MR) is 49.8 cm³/mol. The molecule has 0 radical (unpaired) electrons. The van der Waals surface area contributed by atoms with Crippen LogP contribution in [0.1, 0.15) is 0 Å². The van der Waals surface area contributed by atoms with E-state index in [9.17, 15) is 9.90 Å². The minimum atomic E-state index is -1.36. The molecule has 1 aliphatic carbocycles. The summed E-state index contributed by atoms with van der Waals surface area (Å²) in [6.07, 6.45) is 4.27. The van der Waals surface area contributed by atoms with Gasteiger partial charge in [-0.05, 0) is 0 Å². The average Bonchev–Trinajstić information content (AvgIpc) is 2.57. The summed E-state index contributed by atoms with van der Waals surface area (Å²) >= 11 is 0. The van der Waals surface area contributed by atoms with Crippen molar-refractivity contribution in [2.75, 3.05) is 13.2 Å². The molecule has 15 heavy (non-hydrogen) atoms. The van der Waals surface area contributed by atoms with Gasteiger partial charge >= 0.3 is 5.97 Å². The quantitative estimate of drug-likeness (QED) is 0.538. The molecule has 3 atom stereocenters. The lowest BCUT2D eigenvalue weighted by atomic mass is 9.81. The number of aliphatic hydroxyl groups is 2. The van der Waals surface area contributed by atoms with Gasteiger partial charge in [0.05, 0.1) is 25.0 Å². The van der Waals surface area contributed by atoms with Gasteiger partial charge in [-0.15, -0.1) is 0 Å². The Morgan fingerprint density at radius 2 is 2.40 bits per heavy atom. The van der Waals surface area contributed by atoms with E-state index < -0.39 is 24.1 Å². The maximum absolute atomic E-state index is 10.9. The number of rotatable bonds is 2. The van der Waals surface area contributed by atoms with Crippen molar-refractivity contribution in [1.82, 2.24) is 0 Å². The van der Waals surface area contributed by atoms with Crippen molar-refractivity contribution in [2.24, 2.45) is 11.8 Å². The molecular weight excluding hydrogens is 200 g/mol. The first-order valence-corrected chi connectivity index (χ1v) is 4.66. The van der Waals surface area contributed by atoms with Crippen LogP contribution >= 0.6 is 0 Å². The number of carbonyl (C=O) groups is 1. The molecule has 0 aromatic rings. The molecule has 2 aliphatic rings. The van der Waals surface area contributed by atoms with Gasteiger partial charge in [0, 0.05) is 11.8 Å². The van der Waals surface area contributed by atoms with Crippen molar-refractivity contribution < 1.29 is 24.9 Å². The van der Waals surface area contributed by atoms with Crippen molar-refractivity contribution in [3.05, 3.63) is 24.0 Å². The van der Waals surface area contributed by atoms with Crippen LogP contribution in [0.3, 0.4) is 0 Å². The molecule has 0 amide bonds. The summed E-state index contributed by atoms with van der Waals surface area (Å²) in [5, 5.41) is 27.9. The largest absolute Gasteiger partial charge is 0.500 e. The Labute approximate surface area is 86.3 Å². The normalized spacial score (nSPS) is 38.1. The van der Waals surface area contributed by atoms with Crippen molar-refractivity contribution in [1.29, 1.82) is 0 Å². The van der Waals surface area contributed by atoms with Gasteiger partial charge in [0.25, 0.3) is 0 Å². The molecule has 1 heterocycles. The first-order valence-electron chi connectivity index (χ1n) is 4.66. The monoisotopic (exact) mass is 212 g/mol. The first kappa shape index (κ1) is 10.2. The number of hydrogen-bond donors (Lipinski definition) is 3. The number of hydrogen-bond acceptors (Lipinski definition) is 4. The molecule has 0 bridgehead atoms. The number of fused-ring (bicyclic) bond motifs is 1. The van der Waals surface area contributed by atoms with Crippen LogP contribution in [-0.4, -0.2) is 40.1 Å². The molecular formula is C10H12O5. The van der Waals surface area contributed by atoms with Crippen LogP contribution in [0.25, 0.3) is 0 Å². The van der Waals surface area contributed by atoms with E-state index in [1.54, 1.807) is 6.08 Å². The predicted octanol–water partition coefficient (Wildman–Crippen LogP) is -0.489. The topological polar surface area (TPSA) is 87.0 Å². The zero-order valence-corrected chi connectivity index (χ0v) is 7.96. The summed E-state index contributed by atoms with van der Waals surface area (Å²) in [6, 6.07) is 0. The fraction of sp³-hybridized carbons (Fsp3) is 0.500. The third kappa shape index (κ3) is 1.44. The lowest BCUT2D eigenvalue weighted by Crippen LogP contribution is -2.44. The van der Waals surface area contributed by atoms with E-state index in [2.05, 4.69) is 0 Å².